The van der Waals surface area contributed by atoms with E-state index in [-0.39, 0.29) is 18.7 Å². The van der Waals surface area contributed by atoms with Crippen molar-refractivity contribution in [1.82, 2.24) is 9.88 Å². The Bertz CT molecular complexity index is 1340. The van der Waals surface area contributed by atoms with Crippen LogP contribution < -0.4 is 9.80 Å². The normalized spacial score (nSPS) is 17.4. The van der Waals surface area contributed by atoms with Crippen LogP contribution in [0, 0.1) is 17.7 Å². The highest BCUT2D eigenvalue weighted by molar-refractivity contribution is 6.18. The van der Waals surface area contributed by atoms with Gasteiger partial charge >= 0.3 is 6.03 Å². The van der Waals surface area contributed by atoms with Crippen molar-refractivity contribution in [2.75, 3.05) is 29.9 Å². The molecule has 0 radical (unpaired) electrons. The molecule has 4 rings (SSSR count). The predicted octanol–water partition coefficient (Wildman–Crippen LogP) is 3.87. The highest BCUT2D eigenvalue weighted by Gasteiger charge is 2.47. The first-order chi connectivity index (χ1) is 17.3. The van der Waals surface area contributed by atoms with E-state index in [2.05, 4.69) is 16.8 Å². The maximum absolute atomic E-state index is 15.1. The summed E-state index contributed by atoms with van der Waals surface area (Å²) in [5.41, 5.74) is 0.515. The third kappa shape index (κ3) is 5.10. The minimum atomic E-state index is -1.34. The van der Waals surface area contributed by atoms with Gasteiger partial charge in [-0.15, -0.1) is 0 Å². The lowest BCUT2D eigenvalue weighted by atomic mass is 9.93. The topological polar surface area (TPSA) is 73.8 Å². The molecule has 2 heterocycles. The molecule has 2 aromatic carbocycles. The molecule has 0 saturated carbocycles. The van der Waals surface area contributed by atoms with E-state index in [1.165, 1.54) is 24.0 Å². The first-order valence-corrected chi connectivity index (χ1v) is 11.4. The Balaban J connectivity index is 1.57. The average Bonchev–Trinajstić information content (AvgIpc) is 2.89. The number of carbonyl (C=O) groups is 3. The van der Waals surface area contributed by atoms with Gasteiger partial charge in [0.1, 0.15) is 17.6 Å². The minimum absolute atomic E-state index is 0.144. The van der Waals surface area contributed by atoms with E-state index in [4.69, 9.17) is 0 Å². The summed E-state index contributed by atoms with van der Waals surface area (Å²) in [5, 5.41) is 0. The number of pyridine rings is 1. The number of hydrogen-bond acceptors (Lipinski definition) is 5. The van der Waals surface area contributed by atoms with E-state index < -0.39 is 23.3 Å². The lowest BCUT2D eigenvalue weighted by molar-refractivity contribution is -0.128. The van der Waals surface area contributed by atoms with Crippen molar-refractivity contribution in [2.24, 2.45) is 0 Å². The zero-order chi connectivity index (χ0) is 25.7. The lowest BCUT2D eigenvalue weighted by Gasteiger charge is -2.44. The van der Waals surface area contributed by atoms with Crippen LogP contribution in [-0.4, -0.2) is 53.8 Å². The largest absolute Gasteiger partial charge is 0.372 e. The van der Waals surface area contributed by atoms with E-state index in [1.807, 2.05) is 48.3 Å². The van der Waals surface area contributed by atoms with Crippen molar-refractivity contribution in [3.8, 4) is 11.8 Å². The summed E-state index contributed by atoms with van der Waals surface area (Å²) in [7, 11) is 1.83. The van der Waals surface area contributed by atoms with Crippen LogP contribution in [0.3, 0.4) is 0 Å². The molecule has 3 aromatic rings. The number of urea groups is 1. The van der Waals surface area contributed by atoms with Crippen LogP contribution in [0.15, 0.2) is 73.1 Å². The van der Waals surface area contributed by atoms with Gasteiger partial charge in [-0.05, 0) is 49.4 Å². The number of halogens is 1. The first-order valence-electron chi connectivity index (χ1n) is 11.4. The maximum atomic E-state index is 15.1. The fourth-order valence-corrected chi connectivity index (χ4v) is 4.01. The van der Waals surface area contributed by atoms with Crippen molar-refractivity contribution in [2.45, 2.75) is 18.9 Å². The fraction of sp³-hybridized carbons (Fsp3) is 0.214. The summed E-state index contributed by atoms with van der Waals surface area (Å²) < 4.78 is 15.1. The van der Waals surface area contributed by atoms with E-state index in [0.29, 0.717) is 18.4 Å². The van der Waals surface area contributed by atoms with Gasteiger partial charge in [0.15, 0.2) is 0 Å². The molecule has 0 N–H and O–H groups in total. The number of nitrogens with zero attached hydrogens (tertiary/aromatic N) is 4. The number of anilines is 2. The van der Waals surface area contributed by atoms with Gasteiger partial charge in [-0.1, -0.05) is 30.0 Å². The Hall–Kier alpha value is -4.51. The number of imide groups is 1. The Kier molecular flexibility index (Phi) is 7.11. The molecule has 3 amide bonds. The van der Waals surface area contributed by atoms with Gasteiger partial charge < -0.3 is 14.6 Å². The second kappa shape index (κ2) is 10.4. The molecular weight excluding hydrogens is 459 g/mol. The van der Waals surface area contributed by atoms with E-state index >= 15 is 4.39 Å². The third-order valence-electron chi connectivity index (χ3n) is 6.11. The zero-order valence-electron chi connectivity index (χ0n) is 20.0. The minimum Gasteiger partial charge on any atom is -0.372 e. The van der Waals surface area contributed by atoms with Crippen LogP contribution in [0.5, 0.6) is 0 Å². The monoisotopic (exact) mass is 484 g/mol. The molecule has 1 fully saturated rings. The van der Waals surface area contributed by atoms with Crippen molar-refractivity contribution in [3.05, 3.63) is 90.0 Å². The molecule has 0 spiro atoms. The standard InChI is InChI=1S/C28H25FN4O3/c1-28(20-34)18-26(35)33(27(36)32(28)16-15-31(2)23-9-6-14-30-19-23)25-13-12-22(17-24(25)29)11-10-21-7-4-3-5-8-21/h3-9,12-14,17,19-20H,15-16,18H2,1-2H3. The Morgan fingerprint density at radius 1 is 1.08 bits per heavy atom. The predicted molar refractivity (Wildman–Crippen MR) is 135 cm³/mol. The summed E-state index contributed by atoms with van der Waals surface area (Å²) in [5.74, 6) is 4.44. The van der Waals surface area contributed by atoms with Gasteiger partial charge in [0, 0.05) is 37.5 Å². The molecule has 1 aliphatic heterocycles. The van der Waals surface area contributed by atoms with Crippen LogP contribution in [0.1, 0.15) is 24.5 Å². The second-order valence-electron chi connectivity index (χ2n) is 8.73. The van der Waals surface area contributed by atoms with E-state index in [9.17, 15) is 14.4 Å². The Morgan fingerprint density at radius 2 is 1.83 bits per heavy atom. The quantitative estimate of drug-likeness (QED) is 0.392. The SMILES string of the molecule is CN(CCN1C(=O)N(c2ccc(C#Cc3ccccc3)cc2F)C(=O)CC1(C)C=O)c1cccnc1. The molecule has 1 unspecified atom stereocenters. The molecule has 0 bridgehead atoms. The van der Waals surface area contributed by atoms with Crippen LogP contribution >= 0.6 is 0 Å². The number of rotatable bonds is 6. The Morgan fingerprint density at radius 3 is 2.50 bits per heavy atom. The van der Waals surface area contributed by atoms with Crippen LogP contribution in [0.25, 0.3) is 0 Å². The molecule has 8 heteroatoms. The molecule has 7 nitrogen and oxygen atoms in total. The van der Waals surface area contributed by atoms with Gasteiger partial charge in [-0.25, -0.2) is 14.1 Å². The molecule has 1 aromatic heterocycles. The number of likely N-dealkylation sites (N-methyl/N-ethyl adjacent to an activating group) is 1. The molecule has 1 saturated heterocycles. The first kappa shape index (κ1) is 24.6. The molecule has 36 heavy (non-hydrogen) atoms. The van der Waals surface area contributed by atoms with Crippen molar-refractivity contribution in [3.63, 3.8) is 0 Å². The fourth-order valence-electron chi connectivity index (χ4n) is 4.01. The molecule has 1 aliphatic rings. The average molecular weight is 485 g/mol. The highest BCUT2D eigenvalue weighted by atomic mass is 19.1. The van der Waals surface area contributed by atoms with Gasteiger partial charge in [-0.3, -0.25) is 9.78 Å². The summed E-state index contributed by atoms with van der Waals surface area (Å²) in [6, 6.07) is 16.3. The van der Waals surface area contributed by atoms with E-state index in [0.717, 1.165) is 16.2 Å². The molecule has 0 aliphatic carbocycles. The third-order valence-corrected chi connectivity index (χ3v) is 6.11. The number of carbonyl (C=O) groups excluding carboxylic acids is 3. The van der Waals surface area contributed by atoms with Crippen LogP contribution in [0.2, 0.25) is 0 Å². The van der Waals surface area contributed by atoms with Crippen LogP contribution in [-0.2, 0) is 9.59 Å². The summed E-state index contributed by atoms with van der Waals surface area (Å²) in [6.45, 7) is 2.06. The van der Waals surface area contributed by atoms with Crippen molar-refractivity contribution < 1.29 is 18.8 Å². The number of hydrogen-bond donors (Lipinski definition) is 0. The molecular formula is C28H25FN4O3. The van der Waals surface area contributed by atoms with Gasteiger partial charge in [-0.2, -0.15) is 0 Å². The maximum Gasteiger partial charge on any atom is 0.332 e. The zero-order valence-corrected chi connectivity index (χ0v) is 20.0. The smallest absolute Gasteiger partial charge is 0.332 e. The number of amides is 3. The number of benzene rings is 2. The second-order valence-corrected chi connectivity index (χ2v) is 8.73. The van der Waals surface area contributed by atoms with Crippen molar-refractivity contribution in [1.29, 1.82) is 0 Å². The van der Waals surface area contributed by atoms with Crippen molar-refractivity contribution >= 4 is 29.6 Å². The Labute approximate surface area is 209 Å². The lowest BCUT2D eigenvalue weighted by Crippen LogP contribution is -2.65. The summed E-state index contributed by atoms with van der Waals surface area (Å²) >= 11 is 0. The van der Waals surface area contributed by atoms with Gasteiger partial charge in [0.05, 0.1) is 24.0 Å². The number of aldehydes is 1. The molecule has 1 atom stereocenters. The summed E-state index contributed by atoms with van der Waals surface area (Å²) in [6.07, 6.45) is 3.69. The van der Waals surface area contributed by atoms with Crippen LogP contribution in [0.4, 0.5) is 20.6 Å². The molecule has 182 valence electrons. The van der Waals surface area contributed by atoms with Gasteiger partial charge in [0.2, 0.25) is 5.91 Å². The highest BCUT2D eigenvalue weighted by Crippen LogP contribution is 2.31. The summed E-state index contributed by atoms with van der Waals surface area (Å²) in [4.78, 5) is 46.4. The number of aromatic nitrogens is 1. The van der Waals surface area contributed by atoms with E-state index in [1.54, 1.807) is 24.5 Å². The van der Waals surface area contributed by atoms with Gasteiger partial charge in [0.25, 0.3) is 0 Å².